The lowest BCUT2D eigenvalue weighted by Gasteiger charge is -2.13. The first-order valence-electron chi connectivity index (χ1n) is 8.24. The fourth-order valence-electron chi connectivity index (χ4n) is 3.15. The summed E-state index contributed by atoms with van der Waals surface area (Å²) in [5, 5.41) is 0. The van der Waals surface area contributed by atoms with Crippen LogP contribution in [0.3, 0.4) is 0 Å². The van der Waals surface area contributed by atoms with Gasteiger partial charge in [-0.1, -0.05) is 60.7 Å². The summed E-state index contributed by atoms with van der Waals surface area (Å²) in [6.45, 7) is 0. The van der Waals surface area contributed by atoms with E-state index in [4.69, 9.17) is 4.74 Å². The smallest absolute Gasteiger partial charge is 0.416 e. The van der Waals surface area contributed by atoms with Crippen molar-refractivity contribution in [2.75, 3.05) is 0 Å². The average Bonchev–Trinajstić information content (AvgIpc) is 2.99. The number of para-hydroxylation sites is 1. The van der Waals surface area contributed by atoms with Crippen molar-refractivity contribution in [3.63, 3.8) is 0 Å². The molecule has 0 aliphatic carbocycles. The van der Waals surface area contributed by atoms with E-state index in [1.54, 1.807) is 24.3 Å². The Bertz CT molecular complexity index is 1030. The van der Waals surface area contributed by atoms with Crippen LogP contribution in [0.4, 0.5) is 13.2 Å². The van der Waals surface area contributed by atoms with Crippen molar-refractivity contribution in [2.24, 2.45) is 0 Å². The number of benzene rings is 3. The van der Waals surface area contributed by atoms with Crippen LogP contribution in [0.25, 0.3) is 11.1 Å². The van der Waals surface area contributed by atoms with Crippen LogP contribution in [0.2, 0.25) is 0 Å². The zero-order valence-electron chi connectivity index (χ0n) is 14.0. The van der Waals surface area contributed by atoms with Crippen LogP contribution in [0.15, 0.2) is 78.9 Å². The normalized spacial score (nSPS) is 15.3. The van der Waals surface area contributed by atoms with E-state index in [9.17, 15) is 18.0 Å². The number of fused-ring (bicyclic) bond motifs is 1. The van der Waals surface area contributed by atoms with Gasteiger partial charge in [-0.15, -0.1) is 0 Å². The molecular weight excluding hydrogens is 353 g/mol. The molecule has 0 saturated carbocycles. The summed E-state index contributed by atoms with van der Waals surface area (Å²) in [5.41, 5.74) is 2.01. The number of hydrogen-bond donors (Lipinski definition) is 0. The Kier molecular flexibility index (Phi) is 4.07. The lowest BCUT2D eigenvalue weighted by Crippen LogP contribution is -2.06. The first-order valence-corrected chi connectivity index (χ1v) is 8.24. The predicted octanol–water partition coefficient (Wildman–Crippen LogP) is 5.58. The molecule has 0 spiro atoms. The van der Waals surface area contributed by atoms with Gasteiger partial charge < -0.3 is 4.74 Å². The van der Waals surface area contributed by atoms with Crippen LogP contribution < -0.4 is 4.74 Å². The van der Waals surface area contributed by atoms with E-state index in [2.05, 4.69) is 0 Å². The monoisotopic (exact) mass is 366 g/mol. The molecule has 1 heterocycles. The van der Waals surface area contributed by atoms with E-state index in [1.807, 2.05) is 30.3 Å². The second-order valence-corrected chi connectivity index (χ2v) is 6.08. The molecule has 0 bridgehead atoms. The second-order valence-electron chi connectivity index (χ2n) is 6.08. The number of rotatable bonds is 2. The Labute approximate surface area is 153 Å². The first kappa shape index (κ1) is 17.1. The molecule has 0 fully saturated rings. The molecule has 0 unspecified atom stereocenters. The van der Waals surface area contributed by atoms with E-state index in [-0.39, 0.29) is 0 Å². The molecule has 3 aromatic carbocycles. The van der Waals surface area contributed by atoms with Gasteiger partial charge in [0.25, 0.3) is 0 Å². The summed E-state index contributed by atoms with van der Waals surface area (Å²) >= 11 is 0. The Morgan fingerprint density at radius 2 is 1.33 bits per heavy atom. The fraction of sp³-hybridized carbons (Fsp3) is 0.0455. The van der Waals surface area contributed by atoms with Crippen LogP contribution >= 0.6 is 0 Å². The molecule has 3 aromatic rings. The van der Waals surface area contributed by atoms with Crippen LogP contribution in [0, 0.1) is 0 Å². The molecule has 0 atom stereocenters. The zero-order valence-corrected chi connectivity index (χ0v) is 14.0. The fourth-order valence-corrected chi connectivity index (χ4v) is 3.15. The van der Waals surface area contributed by atoms with E-state index in [1.165, 1.54) is 12.1 Å². The van der Waals surface area contributed by atoms with Gasteiger partial charge in [-0.25, -0.2) is 4.79 Å². The van der Waals surface area contributed by atoms with E-state index in [0.29, 0.717) is 28.0 Å². The third-order valence-electron chi connectivity index (χ3n) is 4.38. The minimum absolute atomic E-state index is 0.344. The van der Waals surface area contributed by atoms with Crippen LogP contribution in [0.5, 0.6) is 5.75 Å². The first-order chi connectivity index (χ1) is 12.9. The largest absolute Gasteiger partial charge is 0.422 e. The van der Waals surface area contributed by atoms with E-state index >= 15 is 0 Å². The van der Waals surface area contributed by atoms with Crippen molar-refractivity contribution in [2.45, 2.75) is 6.18 Å². The highest BCUT2D eigenvalue weighted by Gasteiger charge is 2.32. The number of alkyl halides is 3. The molecule has 0 N–H and O–H groups in total. The summed E-state index contributed by atoms with van der Waals surface area (Å²) in [4.78, 5) is 12.6. The Balaban J connectivity index is 1.96. The van der Waals surface area contributed by atoms with Gasteiger partial charge in [0.15, 0.2) is 0 Å². The van der Waals surface area contributed by atoms with Gasteiger partial charge in [0.05, 0.1) is 11.1 Å². The Hall–Kier alpha value is -3.34. The minimum atomic E-state index is -4.42. The molecule has 1 aliphatic rings. The summed E-state index contributed by atoms with van der Waals surface area (Å²) in [5.74, 6) is -0.0761. The van der Waals surface area contributed by atoms with Gasteiger partial charge in [0.2, 0.25) is 0 Å². The van der Waals surface area contributed by atoms with Gasteiger partial charge in [0, 0.05) is 11.1 Å². The summed E-state index contributed by atoms with van der Waals surface area (Å²) in [7, 11) is 0. The summed E-state index contributed by atoms with van der Waals surface area (Å²) < 4.78 is 44.1. The molecule has 0 saturated heterocycles. The van der Waals surface area contributed by atoms with Crippen molar-refractivity contribution in [3.8, 4) is 5.75 Å². The molecular formula is C22H13F3O2. The van der Waals surface area contributed by atoms with Crippen molar-refractivity contribution in [3.05, 3.63) is 101 Å². The van der Waals surface area contributed by atoms with Gasteiger partial charge in [0.1, 0.15) is 5.75 Å². The highest BCUT2D eigenvalue weighted by molar-refractivity contribution is 6.30. The SMILES string of the molecule is O=C1Oc2ccccc2/C1=C(/c1ccccc1)c1ccc(C(F)(F)F)cc1. The minimum Gasteiger partial charge on any atom is -0.422 e. The summed E-state index contributed by atoms with van der Waals surface area (Å²) in [6.07, 6.45) is -4.42. The lowest BCUT2D eigenvalue weighted by molar-refractivity contribution is -0.137. The molecule has 27 heavy (non-hydrogen) atoms. The number of carbonyl (C=O) groups is 1. The lowest BCUT2D eigenvalue weighted by atomic mass is 9.89. The topological polar surface area (TPSA) is 26.3 Å². The third kappa shape index (κ3) is 3.12. The van der Waals surface area contributed by atoms with Crippen molar-refractivity contribution < 1.29 is 22.7 Å². The number of ether oxygens (including phenoxy) is 1. The van der Waals surface area contributed by atoms with E-state index < -0.39 is 17.7 Å². The van der Waals surface area contributed by atoms with Crippen molar-refractivity contribution >= 4 is 17.1 Å². The molecule has 1 aliphatic heterocycles. The van der Waals surface area contributed by atoms with Crippen molar-refractivity contribution in [1.29, 1.82) is 0 Å². The highest BCUT2D eigenvalue weighted by Crippen LogP contribution is 2.41. The standard InChI is InChI=1S/C22H13F3O2/c23-22(24,25)16-12-10-15(11-13-16)19(14-6-2-1-3-7-14)20-17-8-4-5-9-18(17)27-21(20)26/h1-13H/b20-19+. The van der Waals surface area contributed by atoms with Gasteiger partial charge in [-0.05, 0) is 29.3 Å². The van der Waals surface area contributed by atoms with Crippen LogP contribution in [-0.4, -0.2) is 5.97 Å². The van der Waals surface area contributed by atoms with E-state index in [0.717, 1.165) is 17.7 Å². The maximum atomic E-state index is 12.9. The van der Waals surface area contributed by atoms with Gasteiger partial charge >= 0.3 is 12.1 Å². The van der Waals surface area contributed by atoms with Crippen molar-refractivity contribution in [1.82, 2.24) is 0 Å². The zero-order chi connectivity index (χ0) is 19.0. The molecule has 0 radical (unpaired) electrons. The maximum Gasteiger partial charge on any atom is 0.416 e. The quantitative estimate of drug-likeness (QED) is 0.336. The Morgan fingerprint density at radius 1 is 0.741 bits per heavy atom. The maximum absolute atomic E-state index is 12.9. The van der Waals surface area contributed by atoms with Gasteiger partial charge in [-0.3, -0.25) is 0 Å². The predicted molar refractivity (Wildman–Crippen MR) is 95.9 cm³/mol. The van der Waals surface area contributed by atoms with Crippen LogP contribution in [-0.2, 0) is 11.0 Å². The van der Waals surface area contributed by atoms with Crippen LogP contribution in [0.1, 0.15) is 22.3 Å². The molecule has 134 valence electrons. The second kappa shape index (κ2) is 6.43. The highest BCUT2D eigenvalue weighted by atomic mass is 19.4. The number of carbonyl (C=O) groups excluding carboxylic acids is 1. The van der Waals surface area contributed by atoms with Gasteiger partial charge in [-0.2, -0.15) is 13.2 Å². The molecule has 4 rings (SSSR count). The molecule has 5 heteroatoms. The number of halogens is 3. The summed E-state index contributed by atoms with van der Waals surface area (Å²) in [6, 6.07) is 20.9. The molecule has 2 nitrogen and oxygen atoms in total. The number of esters is 1. The molecule has 0 amide bonds. The third-order valence-corrected chi connectivity index (χ3v) is 4.38. The average molecular weight is 366 g/mol. The molecule has 0 aromatic heterocycles. The Morgan fingerprint density at radius 3 is 2.00 bits per heavy atom. The number of hydrogen-bond acceptors (Lipinski definition) is 2.